The standard InChI is InChI=1S/C12H17N5S/c1-4-13-11-8(2)12(17-9(3)16-11)15-7-10-14-5-6-18-10/h5-6H,4,7H2,1-3H3,(H2,13,15,16,17). The summed E-state index contributed by atoms with van der Waals surface area (Å²) in [6, 6.07) is 0. The van der Waals surface area contributed by atoms with E-state index in [4.69, 9.17) is 0 Å². The van der Waals surface area contributed by atoms with Crippen molar-refractivity contribution in [2.24, 2.45) is 0 Å². The van der Waals surface area contributed by atoms with Gasteiger partial charge in [-0.2, -0.15) is 0 Å². The zero-order valence-corrected chi connectivity index (χ0v) is 11.6. The lowest BCUT2D eigenvalue weighted by molar-refractivity contribution is 0.988. The van der Waals surface area contributed by atoms with Gasteiger partial charge in [0, 0.05) is 23.7 Å². The zero-order valence-electron chi connectivity index (χ0n) is 10.8. The molecule has 0 aliphatic rings. The normalized spacial score (nSPS) is 10.4. The molecule has 0 aliphatic carbocycles. The zero-order chi connectivity index (χ0) is 13.0. The van der Waals surface area contributed by atoms with Crippen molar-refractivity contribution in [3.8, 4) is 0 Å². The molecule has 0 spiro atoms. The average Bonchev–Trinajstić information content (AvgIpc) is 2.85. The Morgan fingerprint density at radius 2 is 1.89 bits per heavy atom. The Bertz CT molecular complexity index is 509. The molecule has 0 saturated carbocycles. The minimum Gasteiger partial charge on any atom is -0.370 e. The lowest BCUT2D eigenvalue weighted by atomic mass is 10.3. The molecular formula is C12H17N5S. The maximum absolute atomic E-state index is 4.43. The topological polar surface area (TPSA) is 62.7 Å². The Morgan fingerprint density at radius 3 is 2.50 bits per heavy atom. The maximum atomic E-state index is 4.43. The highest BCUT2D eigenvalue weighted by Gasteiger charge is 2.08. The van der Waals surface area contributed by atoms with Crippen molar-refractivity contribution < 1.29 is 0 Å². The Balaban J connectivity index is 2.16. The van der Waals surface area contributed by atoms with Gasteiger partial charge in [0.05, 0.1) is 6.54 Å². The van der Waals surface area contributed by atoms with E-state index in [9.17, 15) is 0 Å². The third-order valence-corrected chi connectivity index (χ3v) is 3.27. The van der Waals surface area contributed by atoms with Gasteiger partial charge in [-0.1, -0.05) is 0 Å². The monoisotopic (exact) mass is 263 g/mol. The number of aromatic nitrogens is 3. The van der Waals surface area contributed by atoms with Crippen molar-refractivity contribution in [1.82, 2.24) is 15.0 Å². The van der Waals surface area contributed by atoms with Crippen LogP contribution in [0.3, 0.4) is 0 Å². The lowest BCUT2D eigenvalue weighted by Gasteiger charge is -2.12. The molecule has 0 bridgehead atoms. The van der Waals surface area contributed by atoms with Crippen LogP contribution < -0.4 is 10.6 Å². The van der Waals surface area contributed by atoms with Crippen LogP contribution in [0.5, 0.6) is 0 Å². The van der Waals surface area contributed by atoms with E-state index >= 15 is 0 Å². The molecule has 0 aromatic carbocycles. The van der Waals surface area contributed by atoms with Crippen LogP contribution in [0.1, 0.15) is 23.3 Å². The second-order valence-corrected chi connectivity index (χ2v) is 4.88. The van der Waals surface area contributed by atoms with Gasteiger partial charge >= 0.3 is 0 Å². The fourth-order valence-electron chi connectivity index (χ4n) is 1.64. The van der Waals surface area contributed by atoms with Gasteiger partial charge < -0.3 is 10.6 Å². The molecule has 0 atom stereocenters. The summed E-state index contributed by atoms with van der Waals surface area (Å²) in [4.78, 5) is 13.1. The molecule has 2 N–H and O–H groups in total. The number of hydrogen-bond donors (Lipinski definition) is 2. The second kappa shape index (κ2) is 5.77. The summed E-state index contributed by atoms with van der Waals surface area (Å²) in [5.74, 6) is 2.53. The Labute approximate surface area is 111 Å². The van der Waals surface area contributed by atoms with Gasteiger partial charge in [-0.3, -0.25) is 0 Å². The largest absolute Gasteiger partial charge is 0.370 e. The Kier molecular flexibility index (Phi) is 4.09. The van der Waals surface area contributed by atoms with Crippen molar-refractivity contribution in [2.45, 2.75) is 27.3 Å². The molecule has 0 radical (unpaired) electrons. The Hall–Kier alpha value is -1.69. The van der Waals surface area contributed by atoms with Gasteiger partial charge in [-0.25, -0.2) is 15.0 Å². The molecule has 0 unspecified atom stereocenters. The molecule has 0 fully saturated rings. The first-order chi connectivity index (χ1) is 8.70. The van der Waals surface area contributed by atoms with Gasteiger partial charge in [0.1, 0.15) is 22.5 Å². The third-order valence-electron chi connectivity index (χ3n) is 2.49. The minimum atomic E-state index is 0.695. The summed E-state index contributed by atoms with van der Waals surface area (Å²) in [6.45, 7) is 7.51. The first-order valence-electron chi connectivity index (χ1n) is 5.92. The van der Waals surface area contributed by atoms with Gasteiger partial charge in [-0.15, -0.1) is 11.3 Å². The number of nitrogens with zero attached hydrogens (tertiary/aromatic N) is 3. The van der Waals surface area contributed by atoms with E-state index in [1.807, 2.05) is 25.4 Å². The van der Waals surface area contributed by atoms with Crippen molar-refractivity contribution >= 4 is 23.0 Å². The van der Waals surface area contributed by atoms with Crippen LogP contribution in [0.15, 0.2) is 11.6 Å². The van der Waals surface area contributed by atoms with E-state index < -0.39 is 0 Å². The molecule has 0 saturated heterocycles. The van der Waals surface area contributed by atoms with Crippen LogP contribution in [-0.2, 0) is 6.54 Å². The quantitative estimate of drug-likeness (QED) is 0.868. The summed E-state index contributed by atoms with van der Waals surface area (Å²) in [7, 11) is 0. The number of rotatable bonds is 5. The number of thiazole rings is 1. The fourth-order valence-corrected chi connectivity index (χ4v) is 2.20. The van der Waals surface area contributed by atoms with Crippen molar-refractivity contribution in [3.05, 3.63) is 28.0 Å². The van der Waals surface area contributed by atoms with E-state index in [1.54, 1.807) is 11.3 Å². The van der Waals surface area contributed by atoms with Gasteiger partial charge in [0.2, 0.25) is 0 Å². The van der Waals surface area contributed by atoms with Crippen LogP contribution in [-0.4, -0.2) is 21.5 Å². The first-order valence-corrected chi connectivity index (χ1v) is 6.80. The average molecular weight is 263 g/mol. The molecule has 18 heavy (non-hydrogen) atoms. The van der Waals surface area contributed by atoms with Crippen molar-refractivity contribution in [2.75, 3.05) is 17.2 Å². The molecule has 96 valence electrons. The summed E-state index contributed by atoms with van der Waals surface area (Å²) in [5.41, 5.74) is 1.04. The molecule has 2 aromatic rings. The molecule has 0 aliphatic heterocycles. The Morgan fingerprint density at radius 1 is 1.17 bits per heavy atom. The molecule has 2 aromatic heterocycles. The second-order valence-electron chi connectivity index (χ2n) is 3.90. The molecule has 2 rings (SSSR count). The molecule has 0 amide bonds. The van der Waals surface area contributed by atoms with Gasteiger partial charge in [0.25, 0.3) is 0 Å². The van der Waals surface area contributed by atoms with Gasteiger partial charge in [-0.05, 0) is 20.8 Å². The predicted octanol–water partition coefficient (Wildman–Crippen LogP) is 2.59. The summed E-state index contributed by atoms with van der Waals surface area (Å²) >= 11 is 1.63. The van der Waals surface area contributed by atoms with E-state index in [0.29, 0.717) is 6.54 Å². The summed E-state index contributed by atoms with van der Waals surface area (Å²) < 4.78 is 0. The highest BCUT2D eigenvalue weighted by Crippen LogP contribution is 2.20. The SMILES string of the molecule is CCNc1nc(C)nc(NCc2nccs2)c1C. The van der Waals surface area contributed by atoms with E-state index in [2.05, 4.69) is 32.5 Å². The fraction of sp³-hybridized carbons (Fsp3) is 0.417. The van der Waals surface area contributed by atoms with E-state index in [1.165, 1.54) is 0 Å². The summed E-state index contributed by atoms with van der Waals surface area (Å²) in [5, 5.41) is 9.58. The number of hydrogen-bond acceptors (Lipinski definition) is 6. The van der Waals surface area contributed by atoms with E-state index in [0.717, 1.165) is 34.6 Å². The maximum Gasteiger partial charge on any atom is 0.135 e. The molecular weight excluding hydrogens is 246 g/mol. The predicted molar refractivity (Wildman–Crippen MR) is 75.1 cm³/mol. The van der Waals surface area contributed by atoms with Crippen LogP contribution in [0, 0.1) is 13.8 Å². The van der Waals surface area contributed by atoms with Crippen molar-refractivity contribution in [1.29, 1.82) is 0 Å². The van der Waals surface area contributed by atoms with Gasteiger partial charge in [0.15, 0.2) is 0 Å². The number of nitrogens with one attached hydrogen (secondary N) is 2. The molecule has 6 heteroatoms. The molecule has 5 nitrogen and oxygen atoms in total. The highest BCUT2D eigenvalue weighted by atomic mass is 32.1. The third kappa shape index (κ3) is 2.95. The number of aryl methyl sites for hydroxylation is 1. The lowest BCUT2D eigenvalue weighted by Crippen LogP contribution is -2.09. The highest BCUT2D eigenvalue weighted by molar-refractivity contribution is 7.09. The minimum absolute atomic E-state index is 0.695. The van der Waals surface area contributed by atoms with Crippen LogP contribution in [0.2, 0.25) is 0 Å². The van der Waals surface area contributed by atoms with Crippen LogP contribution in [0.4, 0.5) is 11.6 Å². The van der Waals surface area contributed by atoms with Crippen molar-refractivity contribution in [3.63, 3.8) is 0 Å². The number of anilines is 2. The van der Waals surface area contributed by atoms with E-state index in [-0.39, 0.29) is 0 Å². The first kappa shape index (κ1) is 12.8. The molecule has 2 heterocycles. The summed E-state index contributed by atoms with van der Waals surface area (Å²) in [6.07, 6.45) is 1.81. The smallest absolute Gasteiger partial charge is 0.135 e. The van der Waals surface area contributed by atoms with Crippen LogP contribution in [0.25, 0.3) is 0 Å². The van der Waals surface area contributed by atoms with Crippen LogP contribution >= 0.6 is 11.3 Å².